The maximum Gasteiger partial charge on any atom is 0.261 e. The molecule has 10 heteroatoms. The predicted octanol–water partition coefficient (Wildman–Crippen LogP) is 4.27. The number of nitrogens with one attached hydrogen (secondary N) is 2. The van der Waals surface area contributed by atoms with Crippen LogP contribution < -0.4 is 14.8 Å². The van der Waals surface area contributed by atoms with Gasteiger partial charge in [0.1, 0.15) is 10.8 Å². The van der Waals surface area contributed by atoms with Crippen LogP contribution in [0, 0.1) is 0 Å². The zero-order chi connectivity index (χ0) is 22.6. The van der Waals surface area contributed by atoms with Gasteiger partial charge < -0.3 is 4.74 Å². The van der Waals surface area contributed by atoms with E-state index in [1.807, 2.05) is 30.3 Å². The van der Waals surface area contributed by atoms with E-state index in [-0.39, 0.29) is 4.90 Å². The lowest BCUT2D eigenvalue weighted by Crippen LogP contribution is -2.14. The Morgan fingerprint density at radius 1 is 0.906 bits per heavy atom. The van der Waals surface area contributed by atoms with Crippen LogP contribution in [0.4, 0.5) is 10.8 Å². The first-order chi connectivity index (χ1) is 15.4. The van der Waals surface area contributed by atoms with E-state index in [9.17, 15) is 13.2 Å². The Morgan fingerprint density at radius 3 is 2.25 bits per heavy atom. The highest BCUT2D eigenvalue weighted by Gasteiger charge is 2.16. The molecule has 0 aliphatic rings. The first-order valence-electron chi connectivity index (χ1n) is 9.42. The molecule has 0 saturated carbocycles. The summed E-state index contributed by atoms with van der Waals surface area (Å²) in [6.45, 7) is 0. The van der Waals surface area contributed by atoms with Crippen LogP contribution >= 0.6 is 11.3 Å². The number of hydrogen-bond donors (Lipinski definition) is 2. The fourth-order valence-electron chi connectivity index (χ4n) is 2.80. The number of amides is 1. The molecule has 0 spiro atoms. The summed E-state index contributed by atoms with van der Waals surface area (Å²) in [6, 6.07) is 21.7. The third-order valence-electron chi connectivity index (χ3n) is 4.44. The summed E-state index contributed by atoms with van der Waals surface area (Å²) in [4.78, 5) is 12.6. The molecule has 0 aliphatic heterocycles. The van der Waals surface area contributed by atoms with E-state index in [1.165, 1.54) is 42.7 Å². The summed E-state index contributed by atoms with van der Waals surface area (Å²) < 4.78 is 32.8. The minimum atomic E-state index is -3.80. The van der Waals surface area contributed by atoms with Crippen LogP contribution in [0.1, 0.15) is 10.4 Å². The highest BCUT2D eigenvalue weighted by atomic mass is 32.2. The topological polar surface area (TPSA) is 110 Å². The third-order valence-corrected chi connectivity index (χ3v) is 6.72. The summed E-state index contributed by atoms with van der Waals surface area (Å²) >= 11 is 1.25. The molecule has 0 aliphatic carbocycles. The van der Waals surface area contributed by atoms with Gasteiger partial charge in [0.05, 0.1) is 12.0 Å². The molecule has 1 heterocycles. The van der Waals surface area contributed by atoms with Crippen LogP contribution in [0.5, 0.6) is 5.75 Å². The summed E-state index contributed by atoms with van der Waals surface area (Å²) in [5.74, 6) is 0.211. The van der Waals surface area contributed by atoms with Gasteiger partial charge in [-0.3, -0.25) is 14.8 Å². The largest absolute Gasteiger partial charge is 0.497 e. The van der Waals surface area contributed by atoms with Gasteiger partial charge in [0, 0.05) is 16.8 Å². The number of hydrogen-bond acceptors (Lipinski definition) is 7. The molecule has 0 fully saturated rings. The molecule has 1 aromatic heterocycles. The monoisotopic (exact) mass is 466 g/mol. The van der Waals surface area contributed by atoms with E-state index in [0.717, 1.165) is 5.56 Å². The fourth-order valence-corrected chi connectivity index (χ4v) is 4.60. The van der Waals surface area contributed by atoms with E-state index >= 15 is 0 Å². The van der Waals surface area contributed by atoms with Crippen LogP contribution in [0.15, 0.2) is 83.8 Å². The van der Waals surface area contributed by atoms with Crippen LogP contribution in [-0.2, 0) is 10.0 Å². The van der Waals surface area contributed by atoms with Gasteiger partial charge in [-0.15, -0.1) is 10.2 Å². The van der Waals surface area contributed by atoms with E-state index in [0.29, 0.717) is 27.1 Å². The van der Waals surface area contributed by atoms with Crippen molar-refractivity contribution in [3.05, 3.63) is 84.4 Å². The number of methoxy groups -OCH3 is 1. The standard InChI is InChI=1S/C22H18N4O4S2/c1-30-18-11-9-17(10-12-18)26-32(28,29)19-13-7-15(8-14-19)20(27)23-22-25-24-21(31-22)16-5-3-2-4-6-16/h2-14,26H,1H3,(H,23,25,27). The van der Waals surface area contributed by atoms with Crippen molar-refractivity contribution in [1.29, 1.82) is 0 Å². The summed E-state index contributed by atoms with van der Waals surface area (Å²) in [5.41, 5.74) is 1.60. The molecule has 162 valence electrons. The minimum absolute atomic E-state index is 0.0344. The zero-order valence-corrected chi connectivity index (χ0v) is 18.5. The molecule has 1 amide bonds. The van der Waals surface area contributed by atoms with E-state index in [4.69, 9.17) is 4.74 Å². The second-order valence-corrected chi connectivity index (χ2v) is 9.25. The molecule has 0 unspecified atom stereocenters. The summed E-state index contributed by atoms with van der Waals surface area (Å²) in [5, 5.41) is 11.8. The van der Waals surface area contributed by atoms with Crippen LogP contribution in [0.25, 0.3) is 10.6 Å². The van der Waals surface area contributed by atoms with E-state index < -0.39 is 15.9 Å². The minimum Gasteiger partial charge on any atom is -0.497 e. The second-order valence-electron chi connectivity index (χ2n) is 6.59. The van der Waals surface area contributed by atoms with Gasteiger partial charge in [-0.25, -0.2) is 8.42 Å². The SMILES string of the molecule is COc1ccc(NS(=O)(=O)c2ccc(C(=O)Nc3nnc(-c4ccccc4)s3)cc2)cc1. The maximum atomic E-state index is 12.6. The number of nitrogens with zero attached hydrogens (tertiary/aromatic N) is 2. The number of sulfonamides is 1. The second kappa shape index (κ2) is 9.16. The Kier molecular flexibility index (Phi) is 6.15. The van der Waals surface area contributed by atoms with Crippen molar-refractivity contribution >= 4 is 38.1 Å². The Morgan fingerprint density at radius 2 is 1.59 bits per heavy atom. The van der Waals surface area contributed by atoms with Gasteiger partial charge in [0.2, 0.25) is 5.13 Å². The van der Waals surface area contributed by atoms with Crippen molar-refractivity contribution in [1.82, 2.24) is 10.2 Å². The molecule has 3 aromatic carbocycles. The molecule has 32 heavy (non-hydrogen) atoms. The molecule has 8 nitrogen and oxygen atoms in total. The quantitative estimate of drug-likeness (QED) is 0.421. The van der Waals surface area contributed by atoms with Crippen molar-refractivity contribution in [2.45, 2.75) is 4.90 Å². The maximum absolute atomic E-state index is 12.6. The fraction of sp³-hybridized carbons (Fsp3) is 0.0455. The van der Waals surface area contributed by atoms with Crippen LogP contribution in [0.3, 0.4) is 0 Å². The molecule has 0 radical (unpaired) electrons. The molecule has 0 saturated heterocycles. The molecule has 2 N–H and O–H groups in total. The highest BCUT2D eigenvalue weighted by molar-refractivity contribution is 7.92. The first-order valence-corrected chi connectivity index (χ1v) is 11.7. The van der Waals surface area contributed by atoms with Crippen LogP contribution in [-0.4, -0.2) is 31.6 Å². The number of rotatable bonds is 7. The number of benzene rings is 3. The van der Waals surface area contributed by atoms with Crippen molar-refractivity contribution < 1.29 is 17.9 Å². The van der Waals surface area contributed by atoms with E-state index in [2.05, 4.69) is 20.2 Å². The summed E-state index contributed by atoms with van der Waals surface area (Å²) in [7, 11) is -2.27. The highest BCUT2D eigenvalue weighted by Crippen LogP contribution is 2.26. The smallest absolute Gasteiger partial charge is 0.261 e. The summed E-state index contributed by atoms with van der Waals surface area (Å²) in [6.07, 6.45) is 0. The van der Waals surface area contributed by atoms with Gasteiger partial charge in [-0.2, -0.15) is 0 Å². The Hall–Kier alpha value is -3.76. The number of anilines is 2. The Balaban J connectivity index is 1.43. The predicted molar refractivity (Wildman–Crippen MR) is 124 cm³/mol. The van der Waals surface area contributed by atoms with Crippen molar-refractivity contribution in [3.8, 4) is 16.3 Å². The van der Waals surface area contributed by atoms with Crippen LogP contribution in [0.2, 0.25) is 0 Å². The number of ether oxygens (including phenoxy) is 1. The molecule has 4 rings (SSSR count). The Labute approximate surface area is 189 Å². The number of aromatic nitrogens is 2. The van der Waals surface area contributed by atoms with E-state index in [1.54, 1.807) is 24.3 Å². The van der Waals surface area contributed by atoms with Gasteiger partial charge in [-0.05, 0) is 48.5 Å². The van der Waals surface area contributed by atoms with Gasteiger partial charge >= 0.3 is 0 Å². The number of carbonyl (C=O) groups is 1. The lowest BCUT2D eigenvalue weighted by Gasteiger charge is -2.09. The average molecular weight is 467 g/mol. The Bertz CT molecular complexity index is 1320. The van der Waals surface area contributed by atoms with Gasteiger partial charge in [-0.1, -0.05) is 41.7 Å². The molecular weight excluding hydrogens is 448 g/mol. The van der Waals surface area contributed by atoms with Gasteiger partial charge in [0.25, 0.3) is 15.9 Å². The third kappa shape index (κ3) is 4.93. The lowest BCUT2D eigenvalue weighted by atomic mass is 10.2. The zero-order valence-electron chi connectivity index (χ0n) is 16.8. The lowest BCUT2D eigenvalue weighted by molar-refractivity contribution is 0.102. The van der Waals surface area contributed by atoms with Crippen molar-refractivity contribution in [2.24, 2.45) is 0 Å². The average Bonchev–Trinajstić information content (AvgIpc) is 3.28. The van der Waals surface area contributed by atoms with Crippen molar-refractivity contribution in [3.63, 3.8) is 0 Å². The number of carbonyl (C=O) groups excluding carboxylic acids is 1. The normalized spacial score (nSPS) is 11.0. The first kappa shape index (κ1) is 21.5. The molecule has 4 aromatic rings. The molecule has 0 bridgehead atoms. The molecular formula is C22H18N4O4S2. The molecule has 0 atom stereocenters. The van der Waals surface area contributed by atoms with Crippen molar-refractivity contribution in [2.75, 3.05) is 17.1 Å². The van der Waals surface area contributed by atoms with Gasteiger partial charge in [0.15, 0.2) is 0 Å².